The van der Waals surface area contributed by atoms with E-state index < -0.39 is 29.0 Å². The summed E-state index contributed by atoms with van der Waals surface area (Å²) >= 11 is 0. The molecule has 1 aromatic rings. The van der Waals surface area contributed by atoms with Crippen LogP contribution in [0.3, 0.4) is 0 Å². The highest BCUT2D eigenvalue weighted by Crippen LogP contribution is 2.28. The number of carbonyl (C=O) groups is 2. The molecule has 0 heterocycles. The van der Waals surface area contributed by atoms with Crippen molar-refractivity contribution >= 4 is 11.9 Å². The van der Waals surface area contributed by atoms with Crippen molar-refractivity contribution in [1.82, 2.24) is 0 Å². The molecule has 0 spiro atoms. The van der Waals surface area contributed by atoms with Crippen molar-refractivity contribution in [2.45, 2.75) is 38.7 Å². The molecule has 1 N–H and O–H groups in total. The molecule has 0 aromatic heterocycles. The number of hydrogen-bond donors (Lipinski definition) is 1. The minimum Gasteiger partial charge on any atom is -0.477 e. The van der Waals surface area contributed by atoms with E-state index in [9.17, 15) is 18.4 Å². The molecular weight excluding hydrogens is 270 g/mol. The molecule has 0 aliphatic heterocycles. The van der Waals surface area contributed by atoms with Gasteiger partial charge in [-0.15, -0.1) is 0 Å². The Morgan fingerprint density at radius 1 is 1.25 bits per heavy atom. The zero-order valence-electron chi connectivity index (χ0n) is 11.4. The van der Waals surface area contributed by atoms with Crippen molar-refractivity contribution in [3.05, 3.63) is 35.4 Å². The SMILES string of the molecule is CC(C)(C)OC(=O)Cc1cccc(C(F)(F)C(=O)O)c1. The third kappa shape index (κ3) is 4.29. The Kier molecular flexibility index (Phi) is 4.47. The van der Waals surface area contributed by atoms with Crippen molar-refractivity contribution in [3.8, 4) is 0 Å². The topological polar surface area (TPSA) is 63.6 Å². The predicted octanol–water partition coefficient (Wildman–Crippen LogP) is 2.75. The van der Waals surface area contributed by atoms with Crippen LogP contribution in [0.2, 0.25) is 0 Å². The number of rotatable bonds is 4. The van der Waals surface area contributed by atoms with Gasteiger partial charge in [-0.2, -0.15) is 8.78 Å². The van der Waals surface area contributed by atoms with Crippen LogP contribution in [0.1, 0.15) is 31.9 Å². The normalized spacial score (nSPS) is 12.1. The first-order chi connectivity index (χ1) is 9.02. The van der Waals surface area contributed by atoms with Crippen molar-refractivity contribution in [2.75, 3.05) is 0 Å². The van der Waals surface area contributed by atoms with Gasteiger partial charge in [0.15, 0.2) is 0 Å². The third-order valence-electron chi connectivity index (χ3n) is 2.33. The van der Waals surface area contributed by atoms with Crippen LogP contribution in [0.25, 0.3) is 0 Å². The molecule has 0 atom stereocenters. The number of esters is 1. The summed E-state index contributed by atoms with van der Waals surface area (Å²) in [6.07, 6.45) is -0.194. The lowest BCUT2D eigenvalue weighted by molar-refractivity contribution is -0.166. The molecule has 0 radical (unpaired) electrons. The summed E-state index contributed by atoms with van der Waals surface area (Å²) in [7, 11) is 0. The number of halogens is 2. The summed E-state index contributed by atoms with van der Waals surface area (Å²) < 4.78 is 31.8. The zero-order chi connectivity index (χ0) is 15.6. The monoisotopic (exact) mass is 286 g/mol. The molecule has 1 aromatic carbocycles. The Morgan fingerprint density at radius 3 is 2.35 bits per heavy atom. The van der Waals surface area contributed by atoms with Gasteiger partial charge in [-0.3, -0.25) is 4.79 Å². The Bertz CT molecular complexity index is 518. The smallest absolute Gasteiger partial charge is 0.379 e. The molecule has 0 fully saturated rings. The first kappa shape index (κ1) is 16.1. The molecule has 0 aliphatic rings. The standard InChI is InChI=1S/C14H16F2O4/c1-13(2,3)20-11(17)8-9-5-4-6-10(7-9)14(15,16)12(18)19/h4-7H,8H2,1-3H3,(H,18,19). The number of hydrogen-bond acceptors (Lipinski definition) is 3. The predicted molar refractivity (Wildman–Crippen MR) is 67.5 cm³/mol. The number of ether oxygens (including phenoxy) is 1. The van der Waals surface area contributed by atoms with Crippen LogP contribution in [-0.4, -0.2) is 22.6 Å². The van der Waals surface area contributed by atoms with E-state index in [1.165, 1.54) is 12.1 Å². The second kappa shape index (κ2) is 5.56. The van der Waals surface area contributed by atoms with E-state index in [-0.39, 0.29) is 12.0 Å². The van der Waals surface area contributed by atoms with E-state index in [1.807, 2.05) is 0 Å². The van der Waals surface area contributed by atoms with Gasteiger partial charge >= 0.3 is 17.9 Å². The van der Waals surface area contributed by atoms with E-state index in [0.717, 1.165) is 12.1 Å². The Labute approximate surface area is 115 Å². The van der Waals surface area contributed by atoms with E-state index in [1.54, 1.807) is 20.8 Å². The highest BCUT2D eigenvalue weighted by Gasteiger charge is 2.41. The summed E-state index contributed by atoms with van der Waals surface area (Å²) in [5.41, 5.74) is -1.05. The summed E-state index contributed by atoms with van der Waals surface area (Å²) in [5.74, 6) is -6.77. The number of aliphatic carboxylic acids is 1. The van der Waals surface area contributed by atoms with Crippen LogP contribution in [-0.2, 0) is 26.7 Å². The highest BCUT2D eigenvalue weighted by molar-refractivity contribution is 5.78. The summed E-state index contributed by atoms with van der Waals surface area (Å²) in [6, 6.07) is 4.75. The molecule has 0 unspecified atom stereocenters. The van der Waals surface area contributed by atoms with Gasteiger partial charge in [0.05, 0.1) is 6.42 Å². The van der Waals surface area contributed by atoms with Crippen LogP contribution < -0.4 is 0 Å². The van der Waals surface area contributed by atoms with Gasteiger partial charge in [0.1, 0.15) is 5.60 Å². The molecule has 0 bridgehead atoms. The van der Waals surface area contributed by atoms with Crippen molar-refractivity contribution < 1.29 is 28.2 Å². The molecular formula is C14H16F2O4. The minimum absolute atomic E-state index is 0.194. The number of carboxylic acids is 1. The van der Waals surface area contributed by atoms with Gasteiger partial charge in [0, 0.05) is 5.56 Å². The van der Waals surface area contributed by atoms with Crippen LogP contribution in [0.4, 0.5) is 8.78 Å². The number of carboxylic acid groups (broad SMARTS) is 1. The van der Waals surface area contributed by atoms with Gasteiger partial charge in [-0.1, -0.05) is 18.2 Å². The first-order valence-electron chi connectivity index (χ1n) is 5.95. The lowest BCUT2D eigenvalue weighted by atomic mass is 10.0. The summed E-state index contributed by atoms with van der Waals surface area (Å²) in [4.78, 5) is 22.1. The van der Waals surface area contributed by atoms with E-state index >= 15 is 0 Å². The van der Waals surface area contributed by atoms with Gasteiger partial charge in [0.2, 0.25) is 0 Å². The second-order valence-corrected chi connectivity index (χ2v) is 5.34. The zero-order valence-corrected chi connectivity index (χ0v) is 11.4. The molecule has 1 rings (SSSR count). The summed E-state index contributed by atoms with van der Waals surface area (Å²) in [6.45, 7) is 5.08. The van der Waals surface area contributed by atoms with E-state index in [4.69, 9.17) is 9.84 Å². The van der Waals surface area contributed by atoms with Crippen LogP contribution in [0.5, 0.6) is 0 Å². The largest absolute Gasteiger partial charge is 0.477 e. The fraction of sp³-hybridized carbons (Fsp3) is 0.429. The van der Waals surface area contributed by atoms with Crippen LogP contribution >= 0.6 is 0 Å². The quantitative estimate of drug-likeness (QED) is 0.864. The maximum atomic E-state index is 13.4. The average Bonchev–Trinajstić information content (AvgIpc) is 2.26. The maximum Gasteiger partial charge on any atom is 0.379 e. The molecule has 110 valence electrons. The molecule has 6 heteroatoms. The molecule has 20 heavy (non-hydrogen) atoms. The summed E-state index contributed by atoms with van der Waals surface area (Å²) in [5, 5.41) is 8.48. The number of alkyl halides is 2. The molecule has 0 saturated carbocycles. The fourth-order valence-corrected chi connectivity index (χ4v) is 1.54. The Balaban J connectivity index is 2.90. The molecule has 0 aliphatic carbocycles. The number of benzene rings is 1. The van der Waals surface area contributed by atoms with Gasteiger partial charge in [-0.25, -0.2) is 4.79 Å². The average molecular weight is 286 g/mol. The van der Waals surface area contributed by atoms with Gasteiger partial charge < -0.3 is 9.84 Å². The van der Waals surface area contributed by atoms with Crippen molar-refractivity contribution in [1.29, 1.82) is 0 Å². The molecule has 0 saturated heterocycles. The fourth-order valence-electron chi connectivity index (χ4n) is 1.54. The molecule has 0 amide bonds. The Hall–Kier alpha value is -1.98. The number of carbonyl (C=O) groups excluding carboxylic acids is 1. The van der Waals surface area contributed by atoms with Gasteiger partial charge in [0.25, 0.3) is 0 Å². The minimum atomic E-state index is -3.98. The van der Waals surface area contributed by atoms with E-state index in [2.05, 4.69) is 0 Å². The highest BCUT2D eigenvalue weighted by atomic mass is 19.3. The third-order valence-corrected chi connectivity index (χ3v) is 2.33. The van der Waals surface area contributed by atoms with Crippen LogP contribution in [0, 0.1) is 0 Å². The maximum absolute atomic E-state index is 13.4. The molecule has 4 nitrogen and oxygen atoms in total. The van der Waals surface area contributed by atoms with E-state index in [0.29, 0.717) is 0 Å². The Morgan fingerprint density at radius 2 is 1.85 bits per heavy atom. The van der Waals surface area contributed by atoms with Gasteiger partial charge in [-0.05, 0) is 32.4 Å². The van der Waals surface area contributed by atoms with Crippen molar-refractivity contribution in [3.63, 3.8) is 0 Å². The van der Waals surface area contributed by atoms with Crippen LogP contribution in [0.15, 0.2) is 24.3 Å². The lowest BCUT2D eigenvalue weighted by Gasteiger charge is -2.19. The van der Waals surface area contributed by atoms with Crippen molar-refractivity contribution in [2.24, 2.45) is 0 Å². The first-order valence-corrected chi connectivity index (χ1v) is 5.95. The lowest BCUT2D eigenvalue weighted by Crippen LogP contribution is -2.26. The second-order valence-electron chi connectivity index (χ2n) is 5.34.